The Bertz CT molecular complexity index is 6150. The third kappa shape index (κ3) is 20.2. The molecule has 10 heterocycles. The van der Waals surface area contributed by atoms with Crippen LogP contribution in [0.2, 0.25) is 20.1 Å². The molecule has 0 radical (unpaired) electrons. The van der Waals surface area contributed by atoms with Crippen LogP contribution in [0.15, 0.2) is 187 Å². The van der Waals surface area contributed by atoms with Gasteiger partial charge in [0.2, 0.25) is 17.7 Å². The first-order valence-corrected chi connectivity index (χ1v) is 40.8. The summed E-state index contributed by atoms with van der Waals surface area (Å²) in [6, 6.07) is 40.6. The maximum Gasteiger partial charge on any atom is 0.277 e. The van der Waals surface area contributed by atoms with Crippen LogP contribution in [-0.4, -0.2) is 95.7 Å². The number of nitrogen functional groups attached to an aromatic ring is 1. The largest absolute Gasteiger partial charge is 0.384 e. The number of aromatic nitrogens is 10. The molecule has 4 aromatic carbocycles. The van der Waals surface area contributed by atoms with E-state index >= 15 is 0 Å². The fourth-order valence-corrected chi connectivity index (χ4v) is 15.3. The number of H-pyrrole nitrogens is 1. The number of fused-ring (bicyclic) bond motifs is 3. The second-order valence-electron chi connectivity index (χ2n) is 29.7. The van der Waals surface area contributed by atoms with E-state index in [1.807, 2.05) is 125 Å². The van der Waals surface area contributed by atoms with Gasteiger partial charge in [-0.15, -0.1) is 0 Å². The zero-order valence-corrected chi connectivity index (χ0v) is 72.5. The summed E-state index contributed by atoms with van der Waals surface area (Å²) in [7, 11) is 0. The molecule has 3 fully saturated rings. The molecule has 7 amide bonds. The molecule has 3 aliphatic heterocycles. The number of ketones is 1. The van der Waals surface area contributed by atoms with Gasteiger partial charge >= 0.3 is 0 Å². The van der Waals surface area contributed by atoms with Crippen molar-refractivity contribution in [3.8, 4) is 0 Å². The van der Waals surface area contributed by atoms with E-state index in [1.54, 1.807) is 33.8 Å². The van der Waals surface area contributed by atoms with Gasteiger partial charge in [0.05, 0.1) is 29.0 Å². The first kappa shape index (κ1) is 88.7. The summed E-state index contributed by atoms with van der Waals surface area (Å²) in [6.07, 6.45) is 9.37. The number of primary amides is 1. The molecule has 122 heavy (non-hydrogen) atoms. The molecule has 3 saturated carbocycles. The van der Waals surface area contributed by atoms with Gasteiger partial charge in [0.15, 0.2) is 5.78 Å². The fraction of sp³-hybridized carbons (Fsp3) is 0.238. The lowest BCUT2D eigenvalue weighted by molar-refractivity contribution is -0.118. The van der Waals surface area contributed by atoms with Crippen molar-refractivity contribution in [2.45, 2.75) is 111 Å². The average molecular weight is 1860 g/mol. The number of Topliss-reactive ketones (excluding diaryl/α,β-unsaturated/α-hetero) is 1. The monoisotopic (exact) mass is 1860 g/mol. The van der Waals surface area contributed by atoms with Gasteiger partial charge in [-0.25, -0.2) is 29.9 Å². The van der Waals surface area contributed by atoms with Crippen LogP contribution in [0, 0.1) is 45.4 Å². The third-order valence-electron chi connectivity index (χ3n) is 20.0. The number of aromatic amines is 1. The summed E-state index contributed by atoms with van der Waals surface area (Å²) in [4.78, 5) is 171. The van der Waals surface area contributed by atoms with E-state index in [-0.39, 0.29) is 111 Å². The lowest BCUT2D eigenvalue weighted by atomic mass is 9.99. The van der Waals surface area contributed by atoms with Crippen LogP contribution in [0.25, 0.3) is 0 Å². The molecule has 6 aliphatic rings. The van der Waals surface area contributed by atoms with Gasteiger partial charge in [-0.1, -0.05) is 160 Å². The summed E-state index contributed by atoms with van der Waals surface area (Å²) < 4.78 is 4.73. The summed E-state index contributed by atoms with van der Waals surface area (Å²) in [6.45, 7) is 14.7. The minimum atomic E-state index is -1.12. The SMILES string of the molecule is CC(=O)c1cccc(C)c1.Cc1cccc(C2(C)NC(=O)c3c(Cl)cc(Br)c(=O)n32)c1.Cc1cccc(C2(C)NC(=O)c3c(Cl)cc(Nc4cc(NC(=O)C5CC5)ncn4)c(=O)n32)c1.Cc1cccc(C2(C)NC(=O)c3c(Cl)cc(Nc4cc(NC(=O)C5CC5)ncn4)c(=O)n32)c1.NC(=O)c1[nH]c(=O)c(Br)cc1Cl.Nc1cc(NC(=O)C2CC2)ncn1. The number of hydrogen-bond donors (Lipinski definition) is 11. The molecule has 3 aliphatic carbocycles. The molecule has 3 atom stereocenters. The normalized spacial score (nSPS) is 17.2. The number of pyridine rings is 4. The first-order chi connectivity index (χ1) is 57.8. The van der Waals surface area contributed by atoms with Crippen LogP contribution >= 0.6 is 78.3 Å². The maximum atomic E-state index is 13.5. The molecule has 0 saturated heterocycles. The number of rotatable bonds is 15. The Morgan fingerprint density at radius 1 is 0.434 bits per heavy atom. The van der Waals surface area contributed by atoms with E-state index in [0.717, 1.165) is 83.0 Å². The van der Waals surface area contributed by atoms with Crippen LogP contribution in [-0.2, 0) is 31.4 Å². The number of carbonyl (C=O) groups is 8. The molecular formula is C84H78Br2Cl4N20O12. The number of anilines is 8. The van der Waals surface area contributed by atoms with Crippen molar-refractivity contribution in [2.75, 3.05) is 32.3 Å². The van der Waals surface area contributed by atoms with Gasteiger partial charge in [0, 0.05) is 41.5 Å². The molecule has 17 rings (SSSR count). The number of nitrogens with one attached hydrogen (secondary N) is 9. The quantitative estimate of drug-likeness (QED) is 0.0425. The highest BCUT2D eigenvalue weighted by Gasteiger charge is 2.46. The van der Waals surface area contributed by atoms with Crippen molar-refractivity contribution >= 4 is 172 Å². The van der Waals surface area contributed by atoms with Crippen molar-refractivity contribution in [1.29, 1.82) is 0 Å². The molecular weight excluding hydrogens is 1780 g/mol. The zero-order valence-electron chi connectivity index (χ0n) is 66.3. The fourth-order valence-electron chi connectivity index (χ4n) is 13.2. The van der Waals surface area contributed by atoms with Gasteiger partial charge < -0.3 is 59.0 Å². The summed E-state index contributed by atoms with van der Waals surface area (Å²) in [5, 5.41) is 23.4. The molecule has 13 N–H and O–H groups in total. The lowest BCUT2D eigenvalue weighted by Gasteiger charge is -2.28. The minimum Gasteiger partial charge on any atom is -0.384 e. The van der Waals surface area contributed by atoms with E-state index in [4.69, 9.17) is 57.9 Å². The van der Waals surface area contributed by atoms with Gasteiger partial charge in [-0.3, -0.25) is 71.2 Å². The molecule has 628 valence electrons. The van der Waals surface area contributed by atoms with Crippen molar-refractivity contribution in [2.24, 2.45) is 23.5 Å². The summed E-state index contributed by atoms with van der Waals surface area (Å²) in [5.41, 5.74) is 13.4. The van der Waals surface area contributed by atoms with Crippen LogP contribution in [0.3, 0.4) is 0 Å². The number of hydrogen-bond acceptors (Lipinski definition) is 21. The van der Waals surface area contributed by atoms with Gasteiger partial charge in [0.1, 0.15) is 105 Å². The summed E-state index contributed by atoms with van der Waals surface area (Å²) >= 11 is 30.8. The van der Waals surface area contributed by atoms with Gasteiger partial charge in [-0.05, 0) is 173 Å². The highest BCUT2D eigenvalue weighted by molar-refractivity contribution is 9.10. The predicted molar refractivity (Wildman–Crippen MR) is 470 cm³/mol. The van der Waals surface area contributed by atoms with Crippen LogP contribution in [0.4, 0.5) is 46.3 Å². The van der Waals surface area contributed by atoms with Crippen LogP contribution in [0.5, 0.6) is 0 Å². The molecule has 0 bridgehead atoms. The number of benzene rings is 4. The number of halogens is 6. The molecule has 38 heteroatoms. The van der Waals surface area contributed by atoms with Gasteiger partial charge in [-0.2, -0.15) is 0 Å². The predicted octanol–water partition coefficient (Wildman–Crippen LogP) is 12.8. The smallest absolute Gasteiger partial charge is 0.277 e. The van der Waals surface area contributed by atoms with E-state index in [0.29, 0.717) is 39.4 Å². The highest BCUT2D eigenvalue weighted by atomic mass is 79.9. The maximum absolute atomic E-state index is 13.5. The molecule has 7 aromatic heterocycles. The van der Waals surface area contributed by atoms with Crippen LogP contribution in [0.1, 0.15) is 157 Å². The van der Waals surface area contributed by atoms with Gasteiger partial charge in [0.25, 0.3) is 45.9 Å². The number of aryl methyl sites for hydroxylation is 4. The van der Waals surface area contributed by atoms with Crippen molar-refractivity contribution in [1.82, 2.24) is 64.5 Å². The van der Waals surface area contributed by atoms with Crippen molar-refractivity contribution < 1.29 is 38.4 Å². The molecule has 3 unspecified atom stereocenters. The molecule has 11 aromatic rings. The van der Waals surface area contributed by atoms with E-state index in [1.165, 1.54) is 69.1 Å². The standard InChI is InChI=1S/2C23H21ClN6O3.C15H12BrClN2O2.C9H10O.C8H10N4O.C6H4BrClN2O2/c2*1-12-4-3-5-14(8-12)23(2)29-21(32)19-15(24)9-16(22(33)30(19)23)27-17-10-18(26-11-25-17)28-20(31)13-6-7-13;1-8-4-3-5-9(6-8)15(2)18-13(20)12-11(17)7-10(16)14(21)19(12)15;1-7-4-3-5-9(6-7)8(2)10;9-6-3-7(11-4-10-6)12-8(13)5-1-2-5;7-2-1-3(8)4(5(9)11)10-6(2)12/h2*3-5,8-11,13H,6-7H2,1-2H3,(H,29,32)(H2,25,26,27,28,31);3-7H,1-2H3,(H,18,20);3-6H,1-2H3;3-5H,1-2H2,(H3,9,10,11,12,13);1H,(H2,9,11)(H,10,12). The second kappa shape index (κ2) is 36.8. The average Bonchev–Trinajstić information content (AvgIpc) is 1.58. The van der Waals surface area contributed by atoms with Crippen molar-refractivity contribution in [3.05, 3.63) is 296 Å². The number of nitrogens with zero attached hydrogens (tertiary/aromatic N) is 9. The zero-order chi connectivity index (χ0) is 88.1. The Balaban J connectivity index is 0.000000142. The lowest BCUT2D eigenvalue weighted by Crippen LogP contribution is -2.46. The van der Waals surface area contributed by atoms with Crippen molar-refractivity contribution in [3.63, 3.8) is 0 Å². The number of carbonyl (C=O) groups excluding carboxylic acids is 8. The Morgan fingerprint density at radius 3 is 1.11 bits per heavy atom. The van der Waals surface area contributed by atoms with E-state index in [2.05, 4.69) is 109 Å². The molecule has 32 nitrogen and oxygen atoms in total. The molecule has 0 spiro atoms. The Hall–Kier alpha value is -12.6. The van der Waals surface area contributed by atoms with E-state index < -0.39 is 51.4 Å². The second-order valence-corrected chi connectivity index (χ2v) is 33.0. The topological polar surface area (TPSA) is 461 Å². The number of amides is 7. The number of nitrogens with two attached hydrogens (primary N) is 2. The Labute approximate surface area is 732 Å². The minimum absolute atomic E-state index is 0.0260. The summed E-state index contributed by atoms with van der Waals surface area (Å²) in [5.74, 6) is 0.357. The Morgan fingerprint density at radius 2 is 0.770 bits per heavy atom. The van der Waals surface area contributed by atoms with E-state index in [9.17, 15) is 57.5 Å². The first-order valence-electron chi connectivity index (χ1n) is 37.7. The highest BCUT2D eigenvalue weighted by Crippen LogP contribution is 2.39. The third-order valence-corrected chi connectivity index (χ3v) is 22.3. The Kier molecular flexibility index (Phi) is 26.7. The van der Waals surface area contributed by atoms with Crippen LogP contribution < -0.4 is 76.2 Å².